The van der Waals surface area contributed by atoms with E-state index in [1.54, 1.807) is 0 Å². The van der Waals surface area contributed by atoms with E-state index in [0.717, 1.165) is 0 Å². The summed E-state index contributed by atoms with van der Waals surface area (Å²) in [5.41, 5.74) is 10.7. The molecule has 0 saturated carbocycles. The number of carbonyl (C=O) groups excluding carboxylic acids is 2. The molecule has 0 heterocycles. The SMILES string of the molecule is NC(N)CCCCC(=O)OCC(=O)[C@@H](O)[C@H](O)[C@H](O)CO. The van der Waals surface area contributed by atoms with E-state index in [1.165, 1.54) is 0 Å². The van der Waals surface area contributed by atoms with Crippen LogP contribution in [0.5, 0.6) is 0 Å². The minimum Gasteiger partial charge on any atom is -0.458 e. The Morgan fingerprint density at radius 2 is 1.71 bits per heavy atom. The molecule has 124 valence electrons. The number of ether oxygens (including phenoxy) is 1. The van der Waals surface area contributed by atoms with E-state index in [2.05, 4.69) is 4.74 Å². The number of esters is 1. The summed E-state index contributed by atoms with van der Waals surface area (Å²) in [5.74, 6) is -1.59. The zero-order valence-electron chi connectivity index (χ0n) is 11.7. The maximum Gasteiger partial charge on any atom is 0.306 e. The summed E-state index contributed by atoms with van der Waals surface area (Å²) in [7, 11) is 0. The summed E-state index contributed by atoms with van der Waals surface area (Å²) >= 11 is 0. The first-order chi connectivity index (χ1) is 9.79. The third-order valence-electron chi connectivity index (χ3n) is 2.78. The van der Waals surface area contributed by atoms with Crippen molar-refractivity contribution in [2.75, 3.05) is 13.2 Å². The summed E-state index contributed by atoms with van der Waals surface area (Å²) in [4.78, 5) is 22.7. The number of nitrogens with two attached hydrogens (primary N) is 2. The molecule has 0 aromatic carbocycles. The van der Waals surface area contributed by atoms with Gasteiger partial charge in [-0.2, -0.15) is 0 Å². The molecule has 9 heteroatoms. The average molecular weight is 308 g/mol. The molecule has 8 N–H and O–H groups in total. The van der Waals surface area contributed by atoms with Crippen LogP contribution >= 0.6 is 0 Å². The van der Waals surface area contributed by atoms with Crippen molar-refractivity contribution in [1.29, 1.82) is 0 Å². The number of aliphatic hydroxyl groups is 4. The zero-order chi connectivity index (χ0) is 16.4. The largest absolute Gasteiger partial charge is 0.458 e. The fraction of sp³-hybridized carbons (Fsp3) is 0.833. The van der Waals surface area contributed by atoms with Crippen LogP contribution in [0.3, 0.4) is 0 Å². The van der Waals surface area contributed by atoms with Crippen molar-refractivity contribution in [2.45, 2.75) is 50.2 Å². The highest BCUT2D eigenvalue weighted by atomic mass is 16.5. The predicted octanol–water partition coefficient (Wildman–Crippen LogP) is -3.02. The predicted molar refractivity (Wildman–Crippen MR) is 71.7 cm³/mol. The first-order valence-electron chi connectivity index (χ1n) is 6.64. The summed E-state index contributed by atoms with van der Waals surface area (Å²) in [6.07, 6.45) is -4.06. The molecule has 0 radical (unpaired) electrons. The molecule has 0 fully saturated rings. The molecule has 0 aromatic rings. The Morgan fingerprint density at radius 1 is 1.10 bits per heavy atom. The number of unbranched alkanes of at least 4 members (excludes halogenated alkanes) is 1. The van der Waals surface area contributed by atoms with Gasteiger partial charge in [-0.25, -0.2) is 0 Å². The van der Waals surface area contributed by atoms with Gasteiger partial charge in [0.25, 0.3) is 0 Å². The van der Waals surface area contributed by atoms with Crippen LogP contribution in [-0.4, -0.2) is 69.9 Å². The Hall–Kier alpha value is -1.10. The molecule has 0 saturated heterocycles. The Kier molecular flexibility index (Phi) is 10.0. The number of Topliss-reactive ketones (excluding diaryl/α,β-unsaturated/α-hetero) is 1. The maximum absolute atomic E-state index is 11.4. The highest BCUT2D eigenvalue weighted by Crippen LogP contribution is 2.04. The Bertz CT molecular complexity index is 325. The number of hydrogen-bond donors (Lipinski definition) is 6. The fourth-order valence-electron chi connectivity index (χ4n) is 1.47. The van der Waals surface area contributed by atoms with Crippen molar-refractivity contribution >= 4 is 11.8 Å². The van der Waals surface area contributed by atoms with E-state index in [9.17, 15) is 19.8 Å². The molecule has 21 heavy (non-hydrogen) atoms. The van der Waals surface area contributed by atoms with Crippen LogP contribution in [0.1, 0.15) is 25.7 Å². The van der Waals surface area contributed by atoms with Crippen LogP contribution in [-0.2, 0) is 14.3 Å². The molecule has 0 aromatic heterocycles. The molecule has 0 aliphatic rings. The molecule has 3 atom stereocenters. The summed E-state index contributed by atoms with van der Waals surface area (Å²) in [5, 5.41) is 36.3. The molecular formula is C12H24N2O7. The van der Waals surface area contributed by atoms with Crippen LogP contribution < -0.4 is 11.5 Å². The van der Waals surface area contributed by atoms with Crippen LogP contribution in [0.2, 0.25) is 0 Å². The summed E-state index contributed by atoms with van der Waals surface area (Å²) < 4.78 is 4.63. The second kappa shape index (κ2) is 10.6. The van der Waals surface area contributed by atoms with Crippen LogP contribution in [0, 0.1) is 0 Å². The average Bonchev–Trinajstić information content (AvgIpc) is 2.46. The smallest absolute Gasteiger partial charge is 0.306 e. The van der Waals surface area contributed by atoms with Crippen molar-refractivity contribution in [3.05, 3.63) is 0 Å². The van der Waals surface area contributed by atoms with Gasteiger partial charge < -0.3 is 36.6 Å². The van der Waals surface area contributed by atoms with E-state index in [1.807, 2.05) is 0 Å². The number of aliphatic hydroxyl groups excluding tert-OH is 4. The van der Waals surface area contributed by atoms with Gasteiger partial charge in [0, 0.05) is 6.42 Å². The Labute approximate surface area is 122 Å². The van der Waals surface area contributed by atoms with Gasteiger partial charge in [0.1, 0.15) is 18.3 Å². The fourth-order valence-corrected chi connectivity index (χ4v) is 1.47. The van der Waals surface area contributed by atoms with Crippen molar-refractivity contribution in [1.82, 2.24) is 0 Å². The highest BCUT2D eigenvalue weighted by Gasteiger charge is 2.30. The molecule has 0 aliphatic carbocycles. The third kappa shape index (κ3) is 8.71. The quantitative estimate of drug-likeness (QED) is 0.132. The summed E-state index contributed by atoms with van der Waals surface area (Å²) in [6, 6.07) is 0. The first kappa shape index (κ1) is 19.9. The van der Waals surface area contributed by atoms with Crippen LogP contribution in [0.15, 0.2) is 0 Å². The van der Waals surface area contributed by atoms with Gasteiger partial charge in [0.05, 0.1) is 12.8 Å². The topological polar surface area (TPSA) is 176 Å². The molecule has 0 rings (SSSR count). The van der Waals surface area contributed by atoms with Gasteiger partial charge in [-0.3, -0.25) is 9.59 Å². The molecule has 0 amide bonds. The number of rotatable bonds is 11. The van der Waals surface area contributed by atoms with E-state index in [0.29, 0.717) is 19.3 Å². The van der Waals surface area contributed by atoms with Gasteiger partial charge in [-0.15, -0.1) is 0 Å². The van der Waals surface area contributed by atoms with E-state index in [4.69, 9.17) is 21.7 Å². The maximum atomic E-state index is 11.4. The van der Waals surface area contributed by atoms with E-state index >= 15 is 0 Å². The lowest BCUT2D eigenvalue weighted by Gasteiger charge is -2.20. The van der Waals surface area contributed by atoms with Crippen molar-refractivity contribution in [3.8, 4) is 0 Å². The van der Waals surface area contributed by atoms with E-state index < -0.39 is 49.4 Å². The Balaban J connectivity index is 3.93. The lowest BCUT2D eigenvalue weighted by molar-refractivity contribution is -0.155. The third-order valence-corrected chi connectivity index (χ3v) is 2.78. The molecule has 9 nitrogen and oxygen atoms in total. The van der Waals surface area contributed by atoms with Crippen molar-refractivity contribution in [2.24, 2.45) is 11.5 Å². The molecule has 0 spiro atoms. The van der Waals surface area contributed by atoms with E-state index in [-0.39, 0.29) is 6.42 Å². The van der Waals surface area contributed by atoms with Crippen LogP contribution in [0.25, 0.3) is 0 Å². The number of hydrogen-bond acceptors (Lipinski definition) is 9. The lowest BCUT2D eigenvalue weighted by Crippen LogP contribution is -2.45. The van der Waals surface area contributed by atoms with Gasteiger partial charge >= 0.3 is 5.97 Å². The zero-order valence-corrected chi connectivity index (χ0v) is 11.7. The second-order valence-electron chi connectivity index (χ2n) is 4.72. The lowest BCUT2D eigenvalue weighted by atomic mass is 10.1. The molecular weight excluding hydrogens is 284 g/mol. The van der Waals surface area contributed by atoms with Crippen LogP contribution in [0.4, 0.5) is 0 Å². The Morgan fingerprint density at radius 3 is 2.24 bits per heavy atom. The summed E-state index contributed by atoms with van der Waals surface area (Å²) in [6.45, 7) is -1.53. The number of carbonyl (C=O) groups is 2. The normalized spacial score (nSPS) is 15.6. The molecule has 0 aliphatic heterocycles. The van der Waals surface area contributed by atoms with Gasteiger partial charge in [-0.05, 0) is 12.8 Å². The number of ketones is 1. The van der Waals surface area contributed by atoms with Gasteiger partial charge in [0.15, 0.2) is 6.61 Å². The van der Waals surface area contributed by atoms with Crippen molar-refractivity contribution in [3.63, 3.8) is 0 Å². The molecule has 0 unspecified atom stereocenters. The van der Waals surface area contributed by atoms with Gasteiger partial charge in [-0.1, -0.05) is 6.42 Å². The first-order valence-corrected chi connectivity index (χ1v) is 6.64. The van der Waals surface area contributed by atoms with Crippen molar-refractivity contribution < 1.29 is 34.8 Å². The molecule has 0 bridgehead atoms. The standard InChI is InChI=1S/C12H24N2O7/c13-9(14)3-1-2-4-10(18)21-6-8(17)12(20)11(19)7(16)5-15/h7,9,11-12,15-16,19-20H,1-6,13-14H2/t7-,11-,12-/m1/s1. The van der Waals surface area contributed by atoms with Gasteiger partial charge in [0.2, 0.25) is 5.78 Å². The minimum atomic E-state index is -1.94. The highest BCUT2D eigenvalue weighted by molar-refractivity contribution is 5.86. The monoisotopic (exact) mass is 308 g/mol. The minimum absolute atomic E-state index is 0.0813. The second-order valence-corrected chi connectivity index (χ2v) is 4.72.